The second kappa shape index (κ2) is 8.32. The number of anilines is 1. The third-order valence-corrected chi connectivity index (χ3v) is 2.71. The van der Waals surface area contributed by atoms with Crippen LogP contribution in [0.25, 0.3) is 0 Å². The Morgan fingerprint density at radius 3 is 2.40 bits per heavy atom. The van der Waals surface area contributed by atoms with Crippen molar-refractivity contribution in [1.29, 1.82) is 0 Å². The maximum atomic E-state index is 11.8. The zero-order valence-corrected chi connectivity index (χ0v) is 12.1. The van der Waals surface area contributed by atoms with E-state index in [0.717, 1.165) is 0 Å². The SMILES string of the molecule is CC(C)CNC(=O)c1ccc(NC(=O)CCCN)cc1. The maximum absolute atomic E-state index is 11.8. The zero-order chi connectivity index (χ0) is 15.0. The van der Waals surface area contributed by atoms with E-state index in [9.17, 15) is 9.59 Å². The molecule has 0 aliphatic heterocycles. The first-order chi connectivity index (χ1) is 9.52. The van der Waals surface area contributed by atoms with Crippen LogP contribution in [-0.2, 0) is 4.79 Å². The smallest absolute Gasteiger partial charge is 0.251 e. The van der Waals surface area contributed by atoms with Gasteiger partial charge in [0.2, 0.25) is 5.91 Å². The molecule has 0 aromatic heterocycles. The van der Waals surface area contributed by atoms with Gasteiger partial charge in [-0.15, -0.1) is 0 Å². The molecule has 110 valence electrons. The topological polar surface area (TPSA) is 84.2 Å². The van der Waals surface area contributed by atoms with E-state index in [2.05, 4.69) is 10.6 Å². The van der Waals surface area contributed by atoms with Gasteiger partial charge in [-0.1, -0.05) is 13.8 Å². The molecule has 0 unspecified atom stereocenters. The minimum Gasteiger partial charge on any atom is -0.352 e. The van der Waals surface area contributed by atoms with Crippen molar-refractivity contribution in [1.82, 2.24) is 5.32 Å². The first kappa shape index (κ1) is 16.2. The minimum atomic E-state index is -0.0975. The second-order valence-electron chi connectivity index (χ2n) is 5.12. The average Bonchev–Trinajstić information content (AvgIpc) is 2.43. The number of hydrogen-bond acceptors (Lipinski definition) is 3. The van der Waals surface area contributed by atoms with Crippen LogP contribution in [0.1, 0.15) is 37.0 Å². The molecule has 2 amide bonds. The van der Waals surface area contributed by atoms with Crippen molar-refractivity contribution in [3.05, 3.63) is 29.8 Å². The normalized spacial score (nSPS) is 10.4. The van der Waals surface area contributed by atoms with Crippen molar-refractivity contribution in [3.63, 3.8) is 0 Å². The molecule has 5 heteroatoms. The highest BCUT2D eigenvalue weighted by molar-refractivity contribution is 5.95. The Labute approximate surface area is 119 Å². The summed E-state index contributed by atoms with van der Waals surface area (Å²) in [5.74, 6) is 0.257. The monoisotopic (exact) mass is 277 g/mol. The van der Waals surface area contributed by atoms with Crippen molar-refractivity contribution < 1.29 is 9.59 Å². The van der Waals surface area contributed by atoms with Gasteiger partial charge in [-0.25, -0.2) is 0 Å². The molecule has 20 heavy (non-hydrogen) atoms. The molecule has 0 aliphatic carbocycles. The van der Waals surface area contributed by atoms with Gasteiger partial charge >= 0.3 is 0 Å². The summed E-state index contributed by atoms with van der Waals surface area (Å²) in [5, 5.41) is 5.61. The van der Waals surface area contributed by atoms with Crippen molar-refractivity contribution in [3.8, 4) is 0 Å². The molecule has 1 aromatic carbocycles. The van der Waals surface area contributed by atoms with Crippen LogP contribution in [0.2, 0.25) is 0 Å². The molecule has 1 rings (SSSR count). The van der Waals surface area contributed by atoms with Gasteiger partial charge in [-0.3, -0.25) is 9.59 Å². The van der Waals surface area contributed by atoms with Crippen LogP contribution in [0.15, 0.2) is 24.3 Å². The fraction of sp³-hybridized carbons (Fsp3) is 0.467. The molecule has 0 bridgehead atoms. The van der Waals surface area contributed by atoms with E-state index in [1.165, 1.54) is 0 Å². The van der Waals surface area contributed by atoms with Gasteiger partial charge in [0.15, 0.2) is 0 Å². The summed E-state index contributed by atoms with van der Waals surface area (Å²) in [5.41, 5.74) is 6.62. The predicted octanol–water partition coefficient (Wildman–Crippen LogP) is 1.75. The Balaban J connectivity index is 2.51. The molecule has 0 aliphatic rings. The fourth-order valence-electron chi connectivity index (χ4n) is 1.59. The predicted molar refractivity (Wildman–Crippen MR) is 80.5 cm³/mol. The quantitative estimate of drug-likeness (QED) is 0.710. The molecular weight excluding hydrogens is 254 g/mol. The lowest BCUT2D eigenvalue weighted by Gasteiger charge is -2.09. The van der Waals surface area contributed by atoms with Crippen molar-refractivity contribution >= 4 is 17.5 Å². The van der Waals surface area contributed by atoms with E-state index in [-0.39, 0.29) is 11.8 Å². The van der Waals surface area contributed by atoms with Crippen LogP contribution >= 0.6 is 0 Å². The standard InChI is InChI=1S/C15H23N3O2/c1-11(2)10-17-15(20)12-5-7-13(8-6-12)18-14(19)4-3-9-16/h5-8,11H,3-4,9-10,16H2,1-2H3,(H,17,20)(H,18,19). The van der Waals surface area contributed by atoms with Crippen LogP contribution in [-0.4, -0.2) is 24.9 Å². The fourth-order valence-corrected chi connectivity index (χ4v) is 1.59. The number of benzene rings is 1. The molecular formula is C15H23N3O2. The van der Waals surface area contributed by atoms with E-state index in [0.29, 0.717) is 43.1 Å². The van der Waals surface area contributed by atoms with Crippen LogP contribution in [0.4, 0.5) is 5.69 Å². The summed E-state index contributed by atoms with van der Waals surface area (Å²) in [4.78, 5) is 23.3. The molecule has 0 heterocycles. The molecule has 0 atom stereocenters. The van der Waals surface area contributed by atoms with Gasteiger partial charge in [0.25, 0.3) is 5.91 Å². The maximum Gasteiger partial charge on any atom is 0.251 e. The number of carbonyl (C=O) groups is 2. The average molecular weight is 277 g/mol. The molecule has 0 fully saturated rings. The van der Waals surface area contributed by atoms with Crippen LogP contribution in [0.3, 0.4) is 0 Å². The van der Waals surface area contributed by atoms with E-state index in [1.54, 1.807) is 24.3 Å². The number of hydrogen-bond donors (Lipinski definition) is 3. The molecule has 0 saturated carbocycles. The Hall–Kier alpha value is -1.88. The summed E-state index contributed by atoms with van der Waals surface area (Å²) < 4.78 is 0. The summed E-state index contributed by atoms with van der Waals surface area (Å²) in [6, 6.07) is 6.86. The third kappa shape index (κ3) is 5.84. The number of nitrogens with one attached hydrogen (secondary N) is 2. The highest BCUT2D eigenvalue weighted by Gasteiger charge is 2.06. The summed E-state index contributed by atoms with van der Waals surface area (Å²) in [6.07, 6.45) is 1.08. The van der Waals surface area contributed by atoms with Crippen molar-refractivity contribution in [2.24, 2.45) is 11.7 Å². The molecule has 0 saturated heterocycles. The van der Waals surface area contributed by atoms with E-state index < -0.39 is 0 Å². The molecule has 4 N–H and O–H groups in total. The highest BCUT2D eigenvalue weighted by atomic mass is 16.2. The zero-order valence-electron chi connectivity index (χ0n) is 12.1. The Morgan fingerprint density at radius 2 is 1.85 bits per heavy atom. The Morgan fingerprint density at radius 1 is 1.20 bits per heavy atom. The number of rotatable bonds is 7. The van der Waals surface area contributed by atoms with Gasteiger partial charge < -0.3 is 16.4 Å². The largest absolute Gasteiger partial charge is 0.352 e. The lowest BCUT2D eigenvalue weighted by atomic mass is 10.1. The first-order valence-electron chi connectivity index (χ1n) is 6.91. The number of amides is 2. The lowest BCUT2D eigenvalue weighted by molar-refractivity contribution is -0.116. The molecule has 0 radical (unpaired) electrons. The van der Waals surface area contributed by atoms with Gasteiger partial charge in [0.1, 0.15) is 0 Å². The van der Waals surface area contributed by atoms with E-state index >= 15 is 0 Å². The Kier molecular flexibility index (Phi) is 6.73. The van der Waals surface area contributed by atoms with Gasteiger partial charge in [-0.05, 0) is 43.1 Å². The lowest BCUT2D eigenvalue weighted by Crippen LogP contribution is -2.27. The second-order valence-corrected chi connectivity index (χ2v) is 5.12. The number of nitrogens with two attached hydrogens (primary N) is 1. The number of carbonyl (C=O) groups excluding carboxylic acids is 2. The van der Waals surface area contributed by atoms with E-state index in [4.69, 9.17) is 5.73 Å². The van der Waals surface area contributed by atoms with Crippen molar-refractivity contribution in [2.45, 2.75) is 26.7 Å². The van der Waals surface area contributed by atoms with Gasteiger partial charge in [0, 0.05) is 24.2 Å². The van der Waals surface area contributed by atoms with Gasteiger partial charge in [-0.2, -0.15) is 0 Å². The molecule has 0 spiro atoms. The first-order valence-corrected chi connectivity index (χ1v) is 6.91. The van der Waals surface area contributed by atoms with Crippen LogP contribution in [0.5, 0.6) is 0 Å². The summed E-state index contributed by atoms with van der Waals surface area (Å²) >= 11 is 0. The van der Waals surface area contributed by atoms with Crippen LogP contribution in [0, 0.1) is 5.92 Å². The van der Waals surface area contributed by atoms with Crippen LogP contribution < -0.4 is 16.4 Å². The molecule has 5 nitrogen and oxygen atoms in total. The van der Waals surface area contributed by atoms with E-state index in [1.807, 2.05) is 13.8 Å². The minimum absolute atomic E-state index is 0.0625. The Bertz CT molecular complexity index is 441. The molecule has 1 aromatic rings. The summed E-state index contributed by atoms with van der Waals surface area (Å²) in [7, 11) is 0. The van der Waals surface area contributed by atoms with Crippen molar-refractivity contribution in [2.75, 3.05) is 18.4 Å². The highest BCUT2D eigenvalue weighted by Crippen LogP contribution is 2.10. The van der Waals surface area contributed by atoms with Gasteiger partial charge in [0.05, 0.1) is 0 Å². The summed E-state index contributed by atoms with van der Waals surface area (Å²) in [6.45, 7) is 5.24. The third-order valence-electron chi connectivity index (χ3n) is 2.71.